The molecule has 0 atom stereocenters. The van der Waals surface area contributed by atoms with Gasteiger partial charge in [0.25, 0.3) is 5.91 Å². The van der Waals surface area contributed by atoms with E-state index in [4.69, 9.17) is 4.42 Å². The van der Waals surface area contributed by atoms with Gasteiger partial charge in [-0.15, -0.1) is 11.3 Å². The fourth-order valence-corrected chi connectivity index (χ4v) is 2.63. The smallest absolute Gasteiger partial charge is 0.292 e. The first-order valence-electron chi connectivity index (χ1n) is 5.69. The van der Waals surface area contributed by atoms with E-state index in [0.29, 0.717) is 5.82 Å². The Morgan fingerprint density at radius 3 is 3.05 bits per heavy atom. The van der Waals surface area contributed by atoms with Gasteiger partial charge in [-0.25, -0.2) is 0 Å². The van der Waals surface area contributed by atoms with Gasteiger partial charge in [0.1, 0.15) is 0 Å². The number of nitrogens with zero attached hydrogens (tertiary/aromatic N) is 1. The van der Waals surface area contributed by atoms with Gasteiger partial charge in [0.2, 0.25) is 0 Å². The molecule has 0 aliphatic heterocycles. The molecule has 0 aliphatic rings. The van der Waals surface area contributed by atoms with E-state index in [2.05, 4.69) is 15.5 Å². The molecule has 0 saturated carbocycles. The van der Waals surface area contributed by atoms with Crippen LogP contribution >= 0.6 is 11.3 Å². The van der Waals surface area contributed by atoms with Crippen LogP contribution in [0, 0.1) is 6.92 Å². The summed E-state index contributed by atoms with van der Waals surface area (Å²) >= 11 is 1.63. The molecule has 3 aromatic heterocycles. The number of aryl methyl sites for hydroxylation is 1. The monoisotopic (exact) mass is 273 g/mol. The van der Waals surface area contributed by atoms with Crippen molar-refractivity contribution in [3.05, 3.63) is 47.2 Å². The van der Waals surface area contributed by atoms with E-state index in [1.165, 1.54) is 11.8 Å². The highest BCUT2D eigenvalue weighted by Gasteiger charge is 2.12. The van der Waals surface area contributed by atoms with Gasteiger partial charge in [-0.3, -0.25) is 9.89 Å². The zero-order valence-corrected chi connectivity index (χ0v) is 11.0. The van der Waals surface area contributed by atoms with Crippen molar-refractivity contribution in [1.82, 2.24) is 10.2 Å². The standard InChI is InChI=1S/C13H11N3O2S/c1-8-4-6-19-12(8)9-7-11(16-15-9)14-13(17)10-3-2-5-18-10/h2-7H,1H3,(H2,14,15,16,17). The number of amides is 1. The molecule has 5 nitrogen and oxygen atoms in total. The Kier molecular flexibility index (Phi) is 2.92. The molecule has 3 rings (SSSR count). The number of aromatic amines is 1. The third kappa shape index (κ3) is 2.30. The lowest BCUT2D eigenvalue weighted by atomic mass is 10.2. The Hall–Kier alpha value is -2.34. The zero-order chi connectivity index (χ0) is 13.2. The van der Waals surface area contributed by atoms with Crippen molar-refractivity contribution in [2.24, 2.45) is 0 Å². The lowest BCUT2D eigenvalue weighted by molar-refractivity contribution is 0.0996. The number of aromatic nitrogens is 2. The van der Waals surface area contributed by atoms with Gasteiger partial charge in [0.15, 0.2) is 11.6 Å². The van der Waals surface area contributed by atoms with Crippen molar-refractivity contribution >= 4 is 23.1 Å². The molecule has 0 spiro atoms. The number of rotatable bonds is 3. The second-order valence-electron chi connectivity index (χ2n) is 4.03. The quantitative estimate of drug-likeness (QED) is 0.769. The maximum absolute atomic E-state index is 11.8. The number of thiophene rings is 1. The summed E-state index contributed by atoms with van der Waals surface area (Å²) in [5.41, 5.74) is 2.07. The second kappa shape index (κ2) is 4.74. The molecule has 0 saturated heterocycles. The van der Waals surface area contributed by atoms with Crippen molar-refractivity contribution in [3.63, 3.8) is 0 Å². The highest BCUT2D eigenvalue weighted by Crippen LogP contribution is 2.28. The number of furan rings is 1. The molecule has 0 unspecified atom stereocenters. The number of hydrogen-bond donors (Lipinski definition) is 2. The molecule has 2 N–H and O–H groups in total. The van der Waals surface area contributed by atoms with E-state index >= 15 is 0 Å². The average Bonchev–Trinajstić information content (AvgIpc) is 3.08. The lowest BCUT2D eigenvalue weighted by Gasteiger charge is -1.96. The fraction of sp³-hybridized carbons (Fsp3) is 0.0769. The third-order valence-electron chi connectivity index (χ3n) is 2.67. The molecule has 96 valence electrons. The van der Waals surface area contributed by atoms with E-state index < -0.39 is 0 Å². The van der Waals surface area contributed by atoms with E-state index in [-0.39, 0.29) is 11.7 Å². The Labute approximate surface area is 113 Å². The van der Waals surface area contributed by atoms with Crippen LogP contribution in [0.3, 0.4) is 0 Å². The van der Waals surface area contributed by atoms with E-state index in [1.54, 1.807) is 29.5 Å². The maximum Gasteiger partial charge on any atom is 0.292 e. The molecule has 1 amide bonds. The maximum atomic E-state index is 11.8. The number of carbonyl (C=O) groups is 1. The molecule has 3 heterocycles. The fourth-order valence-electron chi connectivity index (χ4n) is 1.74. The summed E-state index contributed by atoms with van der Waals surface area (Å²) in [6.07, 6.45) is 1.46. The molecule has 6 heteroatoms. The molecular weight excluding hydrogens is 262 g/mol. The zero-order valence-electron chi connectivity index (χ0n) is 10.1. The van der Waals surface area contributed by atoms with Crippen molar-refractivity contribution in [2.75, 3.05) is 5.32 Å². The van der Waals surface area contributed by atoms with Crippen molar-refractivity contribution in [3.8, 4) is 10.6 Å². The first-order valence-corrected chi connectivity index (χ1v) is 6.57. The van der Waals surface area contributed by atoms with Crippen LogP contribution < -0.4 is 5.32 Å². The van der Waals surface area contributed by atoms with Gasteiger partial charge in [-0.05, 0) is 36.1 Å². The summed E-state index contributed by atoms with van der Waals surface area (Å²) in [7, 11) is 0. The van der Waals surface area contributed by atoms with Gasteiger partial charge in [-0.2, -0.15) is 5.10 Å². The Morgan fingerprint density at radius 1 is 1.47 bits per heavy atom. The van der Waals surface area contributed by atoms with Crippen molar-refractivity contribution in [2.45, 2.75) is 6.92 Å². The van der Waals surface area contributed by atoms with Crippen LogP contribution in [0.25, 0.3) is 10.6 Å². The highest BCUT2D eigenvalue weighted by atomic mass is 32.1. The van der Waals surface area contributed by atoms with Crippen molar-refractivity contribution in [1.29, 1.82) is 0 Å². The van der Waals surface area contributed by atoms with Crippen LogP contribution in [0.5, 0.6) is 0 Å². The summed E-state index contributed by atoms with van der Waals surface area (Å²) in [6.45, 7) is 2.04. The number of nitrogens with one attached hydrogen (secondary N) is 2. The Morgan fingerprint density at radius 2 is 2.37 bits per heavy atom. The molecule has 0 fully saturated rings. The predicted octanol–water partition coefficient (Wildman–Crippen LogP) is 3.29. The first kappa shape index (κ1) is 11.7. The summed E-state index contributed by atoms with van der Waals surface area (Å²) in [4.78, 5) is 12.9. The van der Waals surface area contributed by atoms with Crippen LogP contribution in [0.4, 0.5) is 5.82 Å². The summed E-state index contributed by atoms with van der Waals surface area (Å²) in [6, 6.07) is 7.12. The minimum absolute atomic E-state index is 0.261. The van der Waals surface area contributed by atoms with Crippen LogP contribution in [0.2, 0.25) is 0 Å². The van der Waals surface area contributed by atoms with E-state index in [1.807, 2.05) is 18.4 Å². The third-order valence-corrected chi connectivity index (χ3v) is 3.72. The summed E-state index contributed by atoms with van der Waals surface area (Å²) < 4.78 is 5.02. The Bertz CT molecular complexity index is 697. The van der Waals surface area contributed by atoms with Crippen molar-refractivity contribution < 1.29 is 9.21 Å². The van der Waals surface area contributed by atoms with E-state index in [9.17, 15) is 4.79 Å². The molecule has 0 aromatic carbocycles. The number of hydrogen-bond acceptors (Lipinski definition) is 4. The molecule has 0 aliphatic carbocycles. The second-order valence-corrected chi connectivity index (χ2v) is 4.95. The van der Waals surface area contributed by atoms with Gasteiger partial charge < -0.3 is 9.73 Å². The molecule has 0 radical (unpaired) electrons. The van der Waals surface area contributed by atoms with Crippen LogP contribution in [-0.4, -0.2) is 16.1 Å². The largest absolute Gasteiger partial charge is 0.459 e. The first-order chi connectivity index (χ1) is 9.24. The van der Waals surface area contributed by atoms with Crippen LogP contribution in [-0.2, 0) is 0 Å². The average molecular weight is 273 g/mol. The lowest BCUT2D eigenvalue weighted by Crippen LogP contribution is -2.10. The molecule has 19 heavy (non-hydrogen) atoms. The number of anilines is 1. The van der Waals surface area contributed by atoms with Gasteiger partial charge in [0, 0.05) is 6.07 Å². The topological polar surface area (TPSA) is 70.9 Å². The van der Waals surface area contributed by atoms with Gasteiger partial charge in [0.05, 0.1) is 16.8 Å². The van der Waals surface area contributed by atoms with Crippen LogP contribution in [0.15, 0.2) is 40.3 Å². The van der Waals surface area contributed by atoms with Gasteiger partial charge in [-0.1, -0.05) is 0 Å². The Balaban J connectivity index is 1.79. The minimum atomic E-state index is -0.314. The minimum Gasteiger partial charge on any atom is -0.459 e. The summed E-state index contributed by atoms with van der Waals surface area (Å²) in [5.74, 6) is 0.423. The van der Waals surface area contributed by atoms with E-state index in [0.717, 1.165) is 10.6 Å². The number of H-pyrrole nitrogens is 1. The normalized spacial score (nSPS) is 10.6. The predicted molar refractivity (Wildman–Crippen MR) is 73.3 cm³/mol. The molecule has 3 aromatic rings. The SMILES string of the molecule is Cc1ccsc1-c1cc(NC(=O)c2ccco2)n[nH]1. The highest BCUT2D eigenvalue weighted by molar-refractivity contribution is 7.13. The number of carbonyl (C=O) groups excluding carboxylic acids is 1. The van der Waals surface area contributed by atoms with Gasteiger partial charge >= 0.3 is 0 Å². The van der Waals surface area contributed by atoms with Crippen LogP contribution in [0.1, 0.15) is 16.1 Å². The summed E-state index contributed by atoms with van der Waals surface area (Å²) in [5, 5.41) is 11.7. The molecular formula is C13H11N3O2S. The molecule has 0 bridgehead atoms.